The van der Waals surface area contributed by atoms with E-state index in [1.807, 2.05) is 12.1 Å². The molecular weight excluding hydrogens is 428 g/mol. The Hall–Kier alpha value is -1.62. The van der Waals surface area contributed by atoms with Gasteiger partial charge in [-0.1, -0.05) is 104 Å². The lowest BCUT2D eigenvalue weighted by molar-refractivity contribution is 0.0976. The fourth-order valence-corrected chi connectivity index (χ4v) is 3.90. The van der Waals surface area contributed by atoms with Crippen LogP contribution in [0.4, 0.5) is 0 Å². The molecule has 0 spiro atoms. The maximum absolute atomic E-state index is 12.3. The maximum atomic E-state index is 12.3. The molecule has 0 aromatic heterocycles. The zero-order chi connectivity index (χ0) is 24.2. The summed E-state index contributed by atoms with van der Waals surface area (Å²) in [4.78, 5) is 12.3. The highest BCUT2D eigenvalue weighted by molar-refractivity contribution is 7.80. The molecule has 5 heteroatoms. The lowest BCUT2D eigenvalue weighted by Crippen LogP contribution is -2.39. The SMILES string of the molecule is CCCCCCCCCCCCCCCCNC(=S)NC(=O)c1ccc(OCC(C)C)cc1. The molecule has 0 unspecified atom stereocenters. The Kier molecular flexibility index (Phi) is 17.7. The average molecular weight is 477 g/mol. The fourth-order valence-electron chi connectivity index (χ4n) is 3.71. The molecule has 2 N–H and O–H groups in total. The minimum Gasteiger partial charge on any atom is -0.493 e. The number of hydrogen-bond donors (Lipinski definition) is 2. The second-order valence-electron chi connectivity index (χ2n) is 9.54. The van der Waals surface area contributed by atoms with Crippen molar-refractivity contribution >= 4 is 23.2 Å². The van der Waals surface area contributed by atoms with E-state index in [1.165, 1.54) is 83.5 Å². The van der Waals surface area contributed by atoms with Crippen LogP contribution >= 0.6 is 12.2 Å². The Morgan fingerprint density at radius 2 is 1.30 bits per heavy atom. The summed E-state index contributed by atoms with van der Waals surface area (Å²) in [5.74, 6) is 1.05. The molecular formula is C28H48N2O2S. The molecule has 0 radical (unpaired) electrons. The largest absolute Gasteiger partial charge is 0.493 e. The molecule has 0 atom stereocenters. The van der Waals surface area contributed by atoms with Crippen molar-refractivity contribution < 1.29 is 9.53 Å². The maximum Gasteiger partial charge on any atom is 0.257 e. The number of ether oxygens (including phenoxy) is 1. The lowest BCUT2D eigenvalue weighted by Gasteiger charge is -2.11. The van der Waals surface area contributed by atoms with Crippen molar-refractivity contribution in [3.05, 3.63) is 29.8 Å². The van der Waals surface area contributed by atoms with Gasteiger partial charge in [-0.25, -0.2) is 0 Å². The van der Waals surface area contributed by atoms with Crippen molar-refractivity contribution in [3.63, 3.8) is 0 Å². The van der Waals surface area contributed by atoms with E-state index in [4.69, 9.17) is 17.0 Å². The van der Waals surface area contributed by atoms with Crippen LogP contribution in [-0.4, -0.2) is 24.2 Å². The van der Waals surface area contributed by atoms with E-state index in [1.54, 1.807) is 12.1 Å². The van der Waals surface area contributed by atoms with Crippen LogP contribution in [0.3, 0.4) is 0 Å². The number of nitrogens with one attached hydrogen (secondary N) is 2. The van der Waals surface area contributed by atoms with Gasteiger partial charge in [0.05, 0.1) is 6.61 Å². The van der Waals surface area contributed by atoms with E-state index in [0.29, 0.717) is 23.2 Å². The van der Waals surface area contributed by atoms with Gasteiger partial charge in [-0.2, -0.15) is 0 Å². The monoisotopic (exact) mass is 476 g/mol. The van der Waals surface area contributed by atoms with Gasteiger partial charge < -0.3 is 10.1 Å². The molecule has 0 bridgehead atoms. The van der Waals surface area contributed by atoms with Crippen LogP contribution in [0.25, 0.3) is 0 Å². The van der Waals surface area contributed by atoms with E-state index >= 15 is 0 Å². The molecule has 0 aliphatic heterocycles. The van der Waals surface area contributed by atoms with Gasteiger partial charge in [0, 0.05) is 12.1 Å². The Balaban J connectivity index is 1.97. The van der Waals surface area contributed by atoms with E-state index in [0.717, 1.165) is 18.7 Å². The molecule has 0 aliphatic carbocycles. The quantitative estimate of drug-likeness (QED) is 0.158. The highest BCUT2D eigenvalue weighted by Gasteiger charge is 2.08. The van der Waals surface area contributed by atoms with Crippen LogP contribution in [0.5, 0.6) is 5.75 Å². The van der Waals surface area contributed by atoms with Crippen LogP contribution in [0.1, 0.15) is 121 Å². The van der Waals surface area contributed by atoms with Gasteiger partial charge in [-0.3, -0.25) is 10.1 Å². The minimum absolute atomic E-state index is 0.191. The standard InChI is InChI=1S/C28H48N2O2S/c1-4-5-6-7-8-9-10-11-12-13-14-15-16-17-22-29-28(33)30-27(31)25-18-20-26(21-19-25)32-23-24(2)3/h18-21,24H,4-17,22-23H2,1-3H3,(H2,29,30,31,33). The molecule has 188 valence electrons. The Bertz CT molecular complexity index is 631. The number of unbranched alkanes of at least 4 members (excludes halogenated alkanes) is 13. The average Bonchev–Trinajstić information content (AvgIpc) is 2.80. The van der Waals surface area contributed by atoms with Crippen LogP contribution in [0.2, 0.25) is 0 Å². The van der Waals surface area contributed by atoms with Crippen molar-refractivity contribution in [2.45, 2.75) is 111 Å². The summed E-state index contributed by atoms with van der Waals surface area (Å²) >= 11 is 5.26. The number of amides is 1. The van der Waals surface area contributed by atoms with Gasteiger partial charge in [0.1, 0.15) is 5.75 Å². The highest BCUT2D eigenvalue weighted by atomic mass is 32.1. The van der Waals surface area contributed by atoms with Gasteiger partial charge >= 0.3 is 0 Å². The smallest absolute Gasteiger partial charge is 0.257 e. The summed E-state index contributed by atoms with van der Waals surface area (Å²) in [5.41, 5.74) is 0.576. The predicted octanol–water partition coefficient (Wildman–Crippen LogP) is 7.81. The Morgan fingerprint density at radius 1 is 0.818 bits per heavy atom. The predicted molar refractivity (Wildman–Crippen MR) is 145 cm³/mol. The molecule has 0 heterocycles. The van der Waals surface area contributed by atoms with Crippen LogP contribution in [0, 0.1) is 5.92 Å². The summed E-state index contributed by atoms with van der Waals surface area (Å²) in [6.07, 6.45) is 18.9. The van der Waals surface area contributed by atoms with Gasteiger partial charge in [0.15, 0.2) is 5.11 Å². The molecule has 1 aromatic carbocycles. The normalized spacial score (nSPS) is 10.9. The molecule has 0 saturated heterocycles. The number of hydrogen-bond acceptors (Lipinski definition) is 3. The summed E-state index contributed by atoms with van der Waals surface area (Å²) in [5, 5.41) is 6.30. The Labute approximate surface area is 208 Å². The van der Waals surface area contributed by atoms with Crippen molar-refractivity contribution in [3.8, 4) is 5.75 Å². The summed E-state index contributed by atoms with van der Waals surface area (Å²) in [7, 11) is 0. The summed E-state index contributed by atoms with van der Waals surface area (Å²) in [6.45, 7) is 7.96. The second kappa shape index (κ2) is 19.8. The van der Waals surface area contributed by atoms with E-state index < -0.39 is 0 Å². The van der Waals surface area contributed by atoms with E-state index in [2.05, 4.69) is 31.4 Å². The number of rotatable bonds is 19. The first-order valence-electron chi connectivity index (χ1n) is 13.3. The Morgan fingerprint density at radius 3 is 1.79 bits per heavy atom. The second-order valence-corrected chi connectivity index (χ2v) is 9.94. The molecule has 0 fully saturated rings. The van der Waals surface area contributed by atoms with Gasteiger partial charge in [0.25, 0.3) is 5.91 Å². The van der Waals surface area contributed by atoms with Gasteiger partial charge in [-0.05, 0) is 48.8 Å². The van der Waals surface area contributed by atoms with Crippen LogP contribution in [0.15, 0.2) is 24.3 Å². The molecule has 1 amide bonds. The number of carbonyl (C=O) groups excluding carboxylic acids is 1. The third-order valence-electron chi connectivity index (χ3n) is 5.74. The third-order valence-corrected chi connectivity index (χ3v) is 5.99. The first kappa shape index (κ1) is 29.4. The first-order chi connectivity index (χ1) is 16.0. The summed E-state index contributed by atoms with van der Waals surface area (Å²) < 4.78 is 5.65. The van der Waals surface area contributed by atoms with Gasteiger partial charge in [-0.15, -0.1) is 0 Å². The zero-order valence-electron chi connectivity index (χ0n) is 21.4. The van der Waals surface area contributed by atoms with Crippen molar-refractivity contribution in [2.75, 3.05) is 13.2 Å². The molecule has 4 nitrogen and oxygen atoms in total. The number of benzene rings is 1. The third kappa shape index (κ3) is 16.6. The number of thiocarbonyl (C=S) groups is 1. The minimum atomic E-state index is -0.191. The van der Waals surface area contributed by atoms with Crippen LogP contribution < -0.4 is 15.4 Å². The highest BCUT2D eigenvalue weighted by Crippen LogP contribution is 2.14. The number of carbonyl (C=O) groups is 1. The van der Waals surface area contributed by atoms with E-state index in [-0.39, 0.29) is 5.91 Å². The summed E-state index contributed by atoms with van der Waals surface area (Å²) in [6, 6.07) is 7.17. The zero-order valence-corrected chi connectivity index (χ0v) is 22.2. The fraction of sp³-hybridized carbons (Fsp3) is 0.714. The topological polar surface area (TPSA) is 50.4 Å². The molecule has 0 saturated carbocycles. The molecule has 1 rings (SSSR count). The van der Waals surface area contributed by atoms with Crippen molar-refractivity contribution in [1.29, 1.82) is 0 Å². The van der Waals surface area contributed by atoms with Crippen LogP contribution in [-0.2, 0) is 0 Å². The molecule has 0 aliphatic rings. The molecule has 33 heavy (non-hydrogen) atoms. The molecule has 1 aromatic rings. The van der Waals surface area contributed by atoms with E-state index in [9.17, 15) is 4.79 Å². The van der Waals surface area contributed by atoms with Gasteiger partial charge in [0.2, 0.25) is 0 Å². The first-order valence-corrected chi connectivity index (χ1v) is 13.8. The van der Waals surface area contributed by atoms with Crippen molar-refractivity contribution in [2.24, 2.45) is 5.92 Å². The lowest BCUT2D eigenvalue weighted by atomic mass is 10.0. The van der Waals surface area contributed by atoms with Crippen molar-refractivity contribution in [1.82, 2.24) is 10.6 Å².